The van der Waals surface area contributed by atoms with E-state index in [4.69, 9.17) is 10.5 Å². The second-order valence-corrected chi connectivity index (χ2v) is 3.38. The zero-order chi connectivity index (χ0) is 8.81. The van der Waals surface area contributed by atoms with E-state index in [0.717, 1.165) is 18.8 Å². The average molecular weight is 186 g/mol. The summed E-state index contributed by atoms with van der Waals surface area (Å²) in [4.78, 5) is 1.23. The normalized spacial score (nSPS) is 10.2. The van der Waals surface area contributed by atoms with E-state index in [1.165, 1.54) is 4.88 Å². The van der Waals surface area contributed by atoms with Gasteiger partial charge in [-0.15, -0.1) is 11.3 Å². The van der Waals surface area contributed by atoms with Gasteiger partial charge in [0.1, 0.15) is 5.75 Å². The van der Waals surface area contributed by atoms with Crippen LogP contribution in [-0.2, 0) is 6.54 Å². The molecule has 0 aromatic carbocycles. The Morgan fingerprint density at radius 2 is 2.50 bits per heavy atom. The molecular weight excluding hydrogens is 172 g/mol. The summed E-state index contributed by atoms with van der Waals surface area (Å²) in [5.41, 5.74) is 5.35. The van der Waals surface area contributed by atoms with E-state index >= 15 is 0 Å². The minimum Gasteiger partial charge on any atom is -0.496 e. The van der Waals surface area contributed by atoms with Crippen LogP contribution < -0.4 is 15.8 Å². The van der Waals surface area contributed by atoms with Crippen molar-refractivity contribution >= 4 is 11.3 Å². The number of hydrogen-bond donors (Lipinski definition) is 2. The number of methoxy groups -OCH3 is 1. The maximum atomic E-state index is 5.35. The Labute approximate surface area is 76.5 Å². The zero-order valence-corrected chi connectivity index (χ0v) is 7.99. The first kappa shape index (κ1) is 9.51. The van der Waals surface area contributed by atoms with Gasteiger partial charge in [0.25, 0.3) is 0 Å². The highest BCUT2D eigenvalue weighted by atomic mass is 32.1. The van der Waals surface area contributed by atoms with Gasteiger partial charge in [0.2, 0.25) is 0 Å². The molecule has 0 saturated carbocycles. The van der Waals surface area contributed by atoms with Gasteiger partial charge in [0.15, 0.2) is 0 Å². The lowest BCUT2D eigenvalue weighted by Gasteiger charge is -2.02. The van der Waals surface area contributed by atoms with E-state index in [-0.39, 0.29) is 0 Å². The summed E-state index contributed by atoms with van der Waals surface area (Å²) in [6.45, 7) is 2.37. The summed E-state index contributed by atoms with van der Waals surface area (Å²) in [7, 11) is 1.69. The van der Waals surface area contributed by atoms with Gasteiger partial charge in [-0.05, 0) is 11.4 Å². The molecule has 0 radical (unpaired) electrons. The summed E-state index contributed by atoms with van der Waals surface area (Å²) in [5.74, 6) is 0.963. The zero-order valence-electron chi connectivity index (χ0n) is 7.17. The van der Waals surface area contributed by atoms with E-state index < -0.39 is 0 Å². The number of thiophene rings is 1. The van der Waals surface area contributed by atoms with Crippen LogP contribution in [0.1, 0.15) is 4.88 Å². The van der Waals surface area contributed by atoms with Crippen LogP contribution in [0.15, 0.2) is 11.4 Å². The topological polar surface area (TPSA) is 47.3 Å². The predicted octanol–water partition coefficient (Wildman–Crippen LogP) is 0.805. The molecule has 0 aliphatic rings. The van der Waals surface area contributed by atoms with Gasteiger partial charge in [0.05, 0.1) is 12.0 Å². The molecule has 1 aromatic heterocycles. The highest BCUT2D eigenvalue weighted by molar-refractivity contribution is 7.10. The molecule has 68 valence electrons. The van der Waals surface area contributed by atoms with Crippen molar-refractivity contribution in [3.8, 4) is 5.75 Å². The van der Waals surface area contributed by atoms with Crippen molar-refractivity contribution in [1.82, 2.24) is 5.32 Å². The Hall–Kier alpha value is -0.580. The predicted molar refractivity (Wildman–Crippen MR) is 51.6 cm³/mol. The van der Waals surface area contributed by atoms with E-state index in [0.29, 0.717) is 6.54 Å². The van der Waals surface area contributed by atoms with Gasteiger partial charge in [-0.3, -0.25) is 0 Å². The molecule has 0 amide bonds. The molecule has 0 atom stereocenters. The Kier molecular flexibility index (Phi) is 4.07. The molecule has 0 aliphatic heterocycles. The molecule has 4 heteroatoms. The van der Waals surface area contributed by atoms with Crippen molar-refractivity contribution in [2.24, 2.45) is 5.73 Å². The smallest absolute Gasteiger partial charge is 0.134 e. The van der Waals surface area contributed by atoms with Crippen LogP contribution in [0.4, 0.5) is 0 Å². The van der Waals surface area contributed by atoms with Crippen LogP contribution in [0.5, 0.6) is 5.75 Å². The summed E-state index contributed by atoms with van der Waals surface area (Å²) in [6.07, 6.45) is 0. The largest absolute Gasteiger partial charge is 0.496 e. The quantitative estimate of drug-likeness (QED) is 0.669. The minimum absolute atomic E-state index is 0.674. The van der Waals surface area contributed by atoms with Gasteiger partial charge >= 0.3 is 0 Å². The van der Waals surface area contributed by atoms with Crippen LogP contribution in [0, 0.1) is 0 Å². The van der Waals surface area contributed by atoms with Crippen molar-refractivity contribution in [3.63, 3.8) is 0 Å². The third-order valence-corrected chi connectivity index (χ3v) is 2.43. The van der Waals surface area contributed by atoms with Gasteiger partial charge < -0.3 is 15.8 Å². The third kappa shape index (κ3) is 2.48. The summed E-state index contributed by atoms with van der Waals surface area (Å²) in [6, 6.07) is 1.98. The van der Waals surface area contributed by atoms with E-state index in [2.05, 4.69) is 5.32 Å². The Morgan fingerprint density at radius 1 is 1.67 bits per heavy atom. The SMILES string of the molecule is COc1ccsc1CNCCN. The molecule has 0 saturated heterocycles. The van der Waals surface area contributed by atoms with Crippen LogP contribution in [0.25, 0.3) is 0 Å². The van der Waals surface area contributed by atoms with Crippen molar-refractivity contribution in [2.75, 3.05) is 20.2 Å². The van der Waals surface area contributed by atoms with E-state index in [1.807, 2.05) is 11.4 Å². The second kappa shape index (κ2) is 5.13. The van der Waals surface area contributed by atoms with Crippen LogP contribution >= 0.6 is 11.3 Å². The third-order valence-electron chi connectivity index (χ3n) is 1.53. The van der Waals surface area contributed by atoms with Gasteiger partial charge in [-0.25, -0.2) is 0 Å². The number of nitrogens with two attached hydrogens (primary N) is 1. The highest BCUT2D eigenvalue weighted by Crippen LogP contribution is 2.23. The molecule has 3 nitrogen and oxygen atoms in total. The lowest BCUT2D eigenvalue weighted by atomic mass is 10.4. The molecule has 0 unspecified atom stereocenters. The Bertz CT molecular complexity index is 225. The van der Waals surface area contributed by atoms with E-state index in [9.17, 15) is 0 Å². The monoisotopic (exact) mass is 186 g/mol. The molecule has 3 N–H and O–H groups in total. The Balaban J connectivity index is 2.39. The van der Waals surface area contributed by atoms with Crippen molar-refractivity contribution in [3.05, 3.63) is 16.3 Å². The van der Waals surface area contributed by atoms with Crippen LogP contribution in [0.2, 0.25) is 0 Å². The fourth-order valence-corrected chi connectivity index (χ4v) is 1.75. The van der Waals surface area contributed by atoms with Crippen molar-refractivity contribution < 1.29 is 4.74 Å². The van der Waals surface area contributed by atoms with Crippen molar-refractivity contribution in [2.45, 2.75) is 6.54 Å². The molecule has 1 rings (SSSR count). The molecule has 0 bridgehead atoms. The molecule has 1 aromatic rings. The van der Waals surface area contributed by atoms with Gasteiger partial charge in [-0.1, -0.05) is 0 Å². The Morgan fingerprint density at radius 3 is 3.17 bits per heavy atom. The number of ether oxygens (including phenoxy) is 1. The molecule has 0 spiro atoms. The first-order chi connectivity index (χ1) is 5.88. The highest BCUT2D eigenvalue weighted by Gasteiger charge is 2.01. The number of nitrogens with one attached hydrogen (secondary N) is 1. The summed E-state index contributed by atoms with van der Waals surface area (Å²) >= 11 is 1.70. The molecular formula is C8H14N2OS. The molecule has 0 fully saturated rings. The summed E-state index contributed by atoms with van der Waals surface area (Å²) < 4.78 is 5.16. The first-order valence-electron chi connectivity index (χ1n) is 3.89. The second-order valence-electron chi connectivity index (χ2n) is 2.38. The maximum absolute atomic E-state index is 5.35. The summed E-state index contributed by atoms with van der Waals surface area (Å²) in [5, 5.41) is 5.24. The number of hydrogen-bond acceptors (Lipinski definition) is 4. The first-order valence-corrected chi connectivity index (χ1v) is 4.77. The lowest BCUT2D eigenvalue weighted by molar-refractivity contribution is 0.411. The van der Waals surface area contributed by atoms with Gasteiger partial charge in [0, 0.05) is 19.6 Å². The van der Waals surface area contributed by atoms with Gasteiger partial charge in [-0.2, -0.15) is 0 Å². The van der Waals surface area contributed by atoms with Crippen molar-refractivity contribution in [1.29, 1.82) is 0 Å². The van der Waals surface area contributed by atoms with E-state index in [1.54, 1.807) is 18.4 Å². The average Bonchev–Trinajstić information content (AvgIpc) is 2.52. The minimum atomic E-state index is 0.674. The lowest BCUT2D eigenvalue weighted by Crippen LogP contribution is -2.21. The molecule has 1 heterocycles. The fraction of sp³-hybridized carbons (Fsp3) is 0.500. The molecule has 12 heavy (non-hydrogen) atoms. The number of rotatable bonds is 5. The van der Waals surface area contributed by atoms with Crippen LogP contribution in [0.3, 0.4) is 0 Å². The maximum Gasteiger partial charge on any atom is 0.134 e. The van der Waals surface area contributed by atoms with Crippen LogP contribution in [-0.4, -0.2) is 20.2 Å². The fourth-order valence-electron chi connectivity index (χ4n) is 0.944. The molecule has 0 aliphatic carbocycles. The standard InChI is InChI=1S/C8H14N2OS/c1-11-7-2-5-12-8(7)6-10-4-3-9/h2,5,10H,3-4,6,9H2,1H3.